The Hall–Kier alpha value is -0.620. The van der Waals surface area contributed by atoms with Crippen molar-refractivity contribution >= 4 is 33.5 Å². The van der Waals surface area contributed by atoms with Gasteiger partial charge in [-0.25, -0.2) is 0 Å². The molecule has 0 fully saturated rings. The molecule has 1 aromatic heterocycles. The molecule has 0 saturated heterocycles. The number of halogens is 2. The monoisotopic (exact) mass is 280 g/mol. The molecule has 1 N–H and O–H groups in total. The van der Waals surface area contributed by atoms with E-state index in [1.807, 2.05) is 6.92 Å². The maximum absolute atomic E-state index is 5.65. The summed E-state index contributed by atoms with van der Waals surface area (Å²) in [4.78, 5) is 11.9. The zero-order chi connectivity index (χ0) is 10.6. The number of hydrogen-bond acceptors (Lipinski definition) is 5. The fraction of sp³-hybridized carbons (Fsp3) is 0.571. The number of methoxy groups -OCH3 is 1. The van der Waals surface area contributed by atoms with E-state index in [1.165, 1.54) is 7.11 Å². The van der Waals surface area contributed by atoms with Crippen molar-refractivity contribution in [2.45, 2.75) is 11.8 Å². The lowest BCUT2D eigenvalue weighted by Crippen LogP contribution is -2.13. The Morgan fingerprint density at radius 1 is 1.50 bits per heavy atom. The number of rotatable bonds is 4. The highest BCUT2D eigenvalue weighted by atomic mass is 79.9. The predicted octanol–water partition coefficient (Wildman–Crippen LogP) is 1.73. The number of nitrogens with one attached hydrogen (secondary N) is 1. The van der Waals surface area contributed by atoms with E-state index in [0.29, 0.717) is 17.3 Å². The van der Waals surface area contributed by atoms with E-state index in [2.05, 4.69) is 36.2 Å². The van der Waals surface area contributed by atoms with E-state index in [9.17, 15) is 0 Å². The summed E-state index contributed by atoms with van der Waals surface area (Å²) in [7, 11) is 1.47. The molecule has 1 unspecified atom stereocenters. The highest BCUT2D eigenvalue weighted by molar-refractivity contribution is 9.09. The molecular formula is C7H10BrClN4O. The van der Waals surface area contributed by atoms with Gasteiger partial charge in [0.2, 0.25) is 11.2 Å². The van der Waals surface area contributed by atoms with Crippen LogP contribution in [0.15, 0.2) is 0 Å². The van der Waals surface area contributed by atoms with Crippen molar-refractivity contribution in [3.63, 3.8) is 0 Å². The first-order valence-corrected chi connectivity index (χ1v) is 5.24. The number of anilines is 1. The molecule has 0 aliphatic heterocycles. The van der Waals surface area contributed by atoms with Gasteiger partial charge in [-0.1, -0.05) is 22.9 Å². The van der Waals surface area contributed by atoms with Gasteiger partial charge in [0.1, 0.15) is 0 Å². The average molecular weight is 282 g/mol. The summed E-state index contributed by atoms with van der Waals surface area (Å²) < 4.78 is 4.84. The minimum atomic E-state index is 0.113. The standard InChI is InChI=1S/C7H10BrClN4O/c1-4(8)3-10-6-11-5(9)12-7(13-6)14-2/h4H,3H2,1-2H3,(H,10,11,12,13). The molecule has 0 bridgehead atoms. The van der Waals surface area contributed by atoms with Gasteiger partial charge in [0.15, 0.2) is 0 Å². The van der Waals surface area contributed by atoms with Crippen LogP contribution in [0.2, 0.25) is 5.28 Å². The SMILES string of the molecule is COc1nc(Cl)nc(NCC(C)Br)n1. The Morgan fingerprint density at radius 2 is 2.21 bits per heavy atom. The minimum Gasteiger partial charge on any atom is -0.467 e. The van der Waals surface area contributed by atoms with Crippen molar-refractivity contribution < 1.29 is 4.74 Å². The number of alkyl halides is 1. The summed E-state index contributed by atoms with van der Waals surface area (Å²) in [6, 6.07) is 0.203. The molecule has 78 valence electrons. The third kappa shape index (κ3) is 3.63. The van der Waals surface area contributed by atoms with E-state index < -0.39 is 0 Å². The summed E-state index contributed by atoms with van der Waals surface area (Å²) >= 11 is 9.04. The Labute approximate surface area is 95.4 Å². The predicted molar refractivity (Wildman–Crippen MR) is 58.3 cm³/mol. The van der Waals surface area contributed by atoms with Crippen molar-refractivity contribution in [3.05, 3.63) is 5.28 Å². The van der Waals surface area contributed by atoms with Gasteiger partial charge in [-0.05, 0) is 11.6 Å². The highest BCUT2D eigenvalue weighted by Crippen LogP contribution is 2.11. The summed E-state index contributed by atoms with van der Waals surface area (Å²) in [6.45, 7) is 2.70. The molecule has 1 atom stereocenters. The maximum Gasteiger partial charge on any atom is 0.322 e. The molecule has 0 amide bonds. The van der Waals surface area contributed by atoms with Gasteiger partial charge >= 0.3 is 6.01 Å². The fourth-order valence-corrected chi connectivity index (χ4v) is 1.05. The molecule has 1 heterocycles. The normalized spacial score (nSPS) is 12.3. The summed E-state index contributed by atoms with van der Waals surface area (Å²) in [6.07, 6.45) is 0. The smallest absolute Gasteiger partial charge is 0.322 e. The zero-order valence-electron chi connectivity index (χ0n) is 7.79. The summed E-state index contributed by atoms with van der Waals surface area (Å²) in [5, 5.41) is 3.10. The van der Waals surface area contributed by atoms with E-state index in [1.54, 1.807) is 0 Å². The van der Waals surface area contributed by atoms with Crippen LogP contribution in [-0.4, -0.2) is 33.4 Å². The van der Waals surface area contributed by atoms with Gasteiger partial charge in [-0.15, -0.1) is 0 Å². The maximum atomic E-state index is 5.65. The van der Waals surface area contributed by atoms with Crippen molar-refractivity contribution in [1.29, 1.82) is 0 Å². The minimum absolute atomic E-state index is 0.113. The van der Waals surface area contributed by atoms with Gasteiger partial charge in [0.25, 0.3) is 0 Å². The van der Waals surface area contributed by atoms with E-state index in [-0.39, 0.29) is 11.3 Å². The molecule has 7 heteroatoms. The molecular weight excluding hydrogens is 271 g/mol. The van der Waals surface area contributed by atoms with Crippen LogP contribution in [0, 0.1) is 0 Å². The molecule has 0 saturated carbocycles. The summed E-state index contributed by atoms with van der Waals surface area (Å²) in [5.41, 5.74) is 0. The molecule has 1 rings (SSSR count). The summed E-state index contributed by atoms with van der Waals surface area (Å²) in [5.74, 6) is 0.410. The Kier molecular flexibility index (Phi) is 4.34. The zero-order valence-corrected chi connectivity index (χ0v) is 10.1. The van der Waals surface area contributed by atoms with Crippen molar-refractivity contribution in [3.8, 4) is 6.01 Å². The van der Waals surface area contributed by atoms with Gasteiger partial charge in [0, 0.05) is 11.4 Å². The van der Waals surface area contributed by atoms with Gasteiger partial charge in [-0.3, -0.25) is 0 Å². The van der Waals surface area contributed by atoms with Gasteiger partial charge < -0.3 is 10.1 Å². The average Bonchev–Trinajstić information content (AvgIpc) is 2.14. The van der Waals surface area contributed by atoms with Gasteiger partial charge in [0.05, 0.1) is 7.11 Å². The van der Waals surface area contributed by atoms with Crippen molar-refractivity contribution in [1.82, 2.24) is 15.0 Å². The molecule has 0 radical (unpaired) electrons. The lowest BCUT2D eigenvalue weighted by Gasteiger charge is -2.06. The van der Waals surface area contributed by atoms with Crippen LogP contribution in [0.4, 0.5) is 5.95 Å². The van der Waals surface area contributed by atoms with Crippen LogP contribution in [0.5, 0.6) is 6.01 Å². The third-order valence-electron chi connectivity index (χ3n) is 1.31. The lowest BCUT2D eigenvalue weighted by atomic mass is 10.5. The lowest BCUT2D eigenvalue weighted by molar-refractivity contribution is 0.379. The molecule has 0 aliphatic rings. The molecule has 1 aromatic rings. The Balaban J connectivity index is 2.71. The molecule has 5 nitrogen and oxygen atoms in total. The number of ether oxygens (including phenoxy) is 1. The van der Waals surface area contributed by atoms with Crippen LogP contribution >= 0.6 is 27.5 Å². The van der Waals surface area contributed by atoms with Crippen LogP contribution in [-0.2, 0) is 0 Å². The van der Waals surface area contributed by atoms with Crippen molar-refractivity contribution in [2.75, 3.05) is 19.0 Å². The second kappa shape index (κ2) is 5.31. The van der Waals surface area contributed by atoms with E-state index >= 15 is 0 Å². The number of aromatic nitrogens is 3. The molecule has 0 spiro atoms. The van der Waals surface area contributed by atoms with Crippen LogP contribution in [0.1, 0.15) is 6.92 Å². The quantitative estimate of drug-likeness (QED) is 0.852. The fourth-order valence-electron chi connectivity index (χ4n) is 0.734. The first kappa shape index (κ1) is 11.5. The Bertz CT molecular complexity index is 310. The van der Waals surface area contributed by atoms with E-state index in [0.717, 1.165) is 0 Å². The van der Waals surface area contributed by atoms with Crippen LogP contribution in [0.3, 0.4) is 0 Å². The van der Waals surface area contributed by atoms with Crippen molar-refractivity contribution in [2.24, 2.45) is 0 Å². The third-order valence-corrected chi connectivity index (χ3v) is 1.80. The van der Waals surface area contributed by atoms with Gasteiger partial charge in [-0.2, -0.15) is 15.0 Å². The number of nitrogens with zero attached hydrogens (tertiary/aromatic N) is 3. The Morgan fingerprint density at radius 3 is 2.79 bits per heavy atom. The second-order valence-electron chi connectivity index (χ2n) is 2.58. The number of hydrogen-bond donors (Lipinski definition) is 1. The molecule has 14 heavy (non-hydrogen) atoms. The molecule has 0 aromatic carbocycles. The first-order chi connectivity index (χ1) is 6.61. The van der Waals surface area contributed by atoms with E-state index in [4.69, 9.17) is 16.3 Å². The largest absolute Gasteiger partial charge is 0.467 e. The van der Waals surface area contributed by atoms with Crippen LogP contribution in [0.25, 0.3) is 0 Å². The highest BCUT2D eigenvalue weighted by Gasteiger charge is 2.05. The second-order valence-corrected chi connectivity index (χ2v) is 4.48. The molecule has 0 aliphatic carbocycles. The van der Waals surface area contributed by atoms with Crippen LogP contribution < -0.4 is 10.1 Å². The first-order valence-electron chi connectivity index (χ1n) is 3.95. The topological polar surface area (TPSA) is 59.9 Å².